The normalized spacial score (nSPS) is 16.1. The fraction of sp³-hybridized carbons (Fsp3) is 0.222. The van der Waals surface area contributed by atoms with Gasteiger partial charge >= 0.3 is 5.97 Å². The monoisotopic (exact) mass is 424 g/mol. The second-order valence-electron chi connectivity index (χ2n) is 9.04. The number of hydrogen-bond donors (Lipinski definition) is 0. The Kier molecular flexibility index (Phi) is 5.10. The molecule has 160 valence electrons. The number of aromatic nitrogens is 1. The molecule has 4 aromatic rings. The molecule has 32 heavy (non-hydrogen) atoms. The zero-order valence-electron chi connectivity index (χ0n) is 18.2. The Morgan fingerprint density at radius 1 is 1.00 bits per heavy atom. The standard InChI is InChI=1S/C27H24N2O3/c1-27(2)16-22-25(23(17-27)29-32-26(30)19-10-4-3-5-11-19)24(31-28-22)15-20-13-8-12-18-9-6-7-14-21(18)20/h3-14H,15-17H2,1-2H3. The van der Waals surface area contributed by atoms with Crippen LogP contribution in [-0.2, 0) is 17.7 Å². The van der Waals surface area contributed by atoms with Gasteiger partial charge in [0.25, 0.3) is 0 Å². The van der Waals surface area contributed by atoms with Crippen molar-refractivity contribution >= 4 is 22.5 Å². The van der Waals surface area contributed by atoms with Gasteiger partial charge in [-0.25, -0.2) is 4.79 Å². The van der Waals surface area contributed by atoms with Crippen LogP contribution in [0.2, 0.25) is 0 Å². The van der Waals surface area contributed by atoms with Crippen molar-refractivity contribution in [3.05, 3.63) is 101 Å². The van der Waals surface area contributed by atoms with Crippen molar-refractivity contribution in [2.24, 2.45) is 10.6 Å². The Hall–Kier alpha value is -3.73. The van der Waals surface area contributed by atoms with Gasteiger partial charge in [0.05, 0.1) is 22.5 Å². The van der Waals surface area contributed by atoms with Crippen LogP contribution < -0.4 is 0 Å². The van der Waals surface area contributed by atoms with Gasteiger partial charge in [-0.05, 0) is 46.7 Å². The van der Waals surface area contributed by atoms with Gasteiger partial charge in [0, 0.05) is 6.42 Å². The molecule has 1 aliphatic rings. The number of benzene rings is 3. The maximum absolute atomic E-state index is 12.5. The number of hydrogen-bond acceptors (Lipinski definition) is 5. The van der Waals surface area contributed by atoms with Gasteiger partial charge < -0.3 is 9.36 Å². The summed E-state index contributed by atoms with van der Waals surface area (Å²) in [7, 11) is 0. The first-order valence-electron chi connectivity index (χ1n) is 10.8. The van der Waals surface area contributed by atoms with E-state index in [2.05, 4.69) is 54.5 Å². The second-order valence-corrected chi connectivity index (χ2v) is 9.04. The van der Waals surface area contributed by atoms with E-state index in [9.17, 15) is 4.79 Å². The number of carbonyl (C=O) groups excluding carboxylic acids is 1. The van der Waals surface area contributed by atoms with E-state index in [0.29, 0.717) is 24.1 Å². The first-order chi connectivity index (χ1) is 15.5. The molecule has 0 amide bonds. The van der Waals surface area contributed by atoms with Crippen LogP contribution >= 0.6 is 0 Å². The topological polar surface area (TPSA) is 64.7 Å². The van der Waals surface area contributed by atoms with Crippen molar-refractivity contribution in [2.75, 3.05) is 0 Å². The Bertz CT molecular complexity index is 1310. The van der Waals surface area contributed by atoms with Crippen LogP contribution in [0.4, 0.5) is 0 Å². The Morgan fingerprint density at radius 2 is 1.75 bits per heavy atom. The molecule has 5 heteroatoms. The minimum absolute atomic E-state index is 0.0570. The molecule has 0 atom stereocenters. The molecule has 0 fully saturated rings. The number of oxime groups is 1. The van der Waals surface area contributed by atoms with E-state index in [1.54, 1.807) is 24.3 Å². The molecule has 0 bridgehead atoms. The molecule has 0 radical (unpaired) electrons. The van der Waals surface area contributed by atoms with E-state index in [0.717, 1.165) is 29.0 Å². The highest BCUT2D eigenvalue weighted by Gasteiger charge is 2.35. The fourth-order valence-electron chi connectivity index (χ4n) is 4.41. The molecular formula is C27H24N2O3. The molecule has 1 heterocycles. The van der Waals surface area contributed by atoms with E-state index >= 15 is 0 Å². The van der Waals surface area contributed by atoms with Crippen molar-refractivity contribution in [2.45, 2.75) is 33.1 Å². The van der Waals surface area contributed by atoms with Crippen LogP contribution in [0.3, 0.4) is 0 Å². The maximum Gasteiger partial charge on any atom is 0.365 e. The maximum atomic E-state index is 12.5. The summed E-state index contributed by atoms with van der Waals surface area (Å²) < 4.78 is 5.81. The summed E-state index contributed by atoms with van der Waals surface area (Å²) >= 11 is 0. The molecule has 0 spiro atoms. The zero-order valence-corrected chi connectivity index (χ0v) is 18.2. The third-order valence-electron chi connectivity index (χ3n) is 5.89. The van der Waals surface area contributed by atoms with E-state index in [1.165, 1.54) is 10.8 Å². The number of rotatable bonds is 4. The highest BCUT2D eigenvalue weighted by Crippen LogP contribution is 2.37. The Labute approximate surface area is 186 Å². The van der Waals surface area contributed by atoms with Gasteiger partial charge in [0.15, 0.2) is 5.76 Å². The number of fused-ring (bicyclic) bond motifs is 2. The van der Waals surface area contributed by atoms with Crippen molar-refractivity contribution in [1.29, 1.82) is 0 Å². The predicted octanol–water partition coefficient (Wildman–Crippen LogP) is 5.95. The van der Waals surface area contributed by atoms with Gasteiger partial charge in [-0.3, -0.25) is 0 Å². The third kappa shape index (κ3) is 3.94. The average molecular weight is 425 g/mol. The summed E-state index contributed by atoms with van der Waals surface area (Å²) in [5.41, 5.74) is 4.01. The lowest BCUT2D eigenvalue weighted by Gasteiger charge is -2.28. The molecule has 5 rings (SSSR count). The highest BCUT2D eigenvalue weighted by atomic mass is 16.7. The molecule has 1 aromatic heterocycles. The number of carbonyl (C=O) groups is 1. The first kappa shape index (κ1) is 20.2. The van der Waals surface area contributed by atoms with Gasteiger partial charge in [-0.1, -0.05) is 84.8 Å². The van der Waals surface area contributed by atoms with Crippen molar-refractivity contribution in [3.63, 3.8) is 0 Å². The molecule has 1 aliphatic carbocycles. The van der Waals surface area contributed by atoms with Crippen molar-refractivity contribution in [1.82, 2.24) is 5.16 Å². The summed E-state index contributed by atoms with van der Waals surface area (Å²) in [5, 5.41) is 11.0. The summed E-state index contributed by atoms with van der Waals surface area (Å²) in [5.74, 6) is 0.274. The second kappa shape index (κ2) is 8.08. The molecular weight excluding hydrogens is 400 g/mol. The third-order valence-corrected chi connectivity index (χ3v) is 5.89. The van der Waals surface area contributed by atoms with Crippen LogP contribution in [0, 0.1) is 5.41 Å². The van der Waals surface area contributed by atoms with Crippen molar-refractivity contribution < 1.29 is 14.2 Å². The summed E-state index contributed by atoms with van der Waals surface area (Å²) in [4.78, 5) is 17.8. The molecule has 0 aliphatic heterocycles. The first-order valence-corrected chi connectivity index (χ1v) is 10.8. The minimum atomic E-state index is -0.477. The van der Waals surface area contributed by atoms with Crippen LogP contribution in [0.5, 0.6) is 0 Å². The van der Waals surface area contributed by atoms with Gasteiger partial charge in [0.1, 0.15) is 0 Å². The minimum Gasteiger partial charge on any atom is -0.360 e. The smallest absolute Gasteiger partial charge is 0.360 e. The Morgan fingerprint density at radius 3 is 2.59 bits per heavy atom. The number of nitrogens with zero attached hydrogens (tertiary/aromatic N) is 2. The van der Waals surface area contributed by atoms with Gasteiger partial charge in [-0.2, -0.15) is 0 Å². The van der Waals surface area contributed by atoms with Crippen LogP contribution in [0.15, 0.2) is 82.5 Å². The van der Waals surface area contributed by atoms with E-state index in [1.807, 2.05) is 18.2 Å². The summed E-state index contributed by atoms with van der Waals surface area (Å²) in [6, 6.07) is 23.5. The van der Waals surface area contributed by atoms with Gasteiger partial charge in [0.2, 0.25) is 0 Å². The predicted molar refractivity (Wildman–Crippen MR) is 124 cm³/mol. The molecule has 3 aromatic carbocycles. The molecule has 0 saturated carbocycles. The Balaban J connectivity index is 1.50. The van der Waals surface area contributed by atoms with E-state index < -0.39 is 5.97 Å². The molecule has 0 unspecified atom stereocenters. The molecule has 0 N–H and O–H groups in total. The average Bonchev–Trinajstić information content (AvgIpc) is 3.19. The molecule has 5 nitrogen and oxygen atoms in total. The van der Waals surface area contributed by atoms with Crippen LogP contribution in [-0.4, -0.2) is 16.8 Å². The SMILES string of the molecule is CC1(C)CC(=NOC(=O)c2ccccc2)c2c(noc2Cc2cccc3ccccc23)C1. The van der Waals surface area contributed by atoms with Crippen LogP contribution in [0.25, 0.3) is 10.8 Å². The lowest BCUT2D eigenvalue weighted by molar-refractivity contribution is 0.0514. The highest BCUT2D eigenvalue weighted by molar-refractivity contribution is 6.04. The zero-order chi connectivity index (χ0) is 22.1. The lowest BCUT2D eigenvalue weighted by atomic mass is 9.75. The summed E-state index contributed by atoms with van der Waals surface area (Å²) in [6.45, 7) is 4.31. The summed E-state index contributed by atoms with van der Waals surface area (Å²) in [6.07, 6.45) is 2.05. The fourth-order valence-corrected chi connectivity index (χ4v) is 4.41. The molecule has 0 saturated heterocycles. The van der Waals surface area contributed by atoms with E-state index in [-0.39, 0.29) is 5.41 Å². The van der Waals surface area contributed by atoms with Gasteiger partial charge in [-0.15, -0.1) is 0 Å². The largest absolute Gasteiger partial charge is 0.365 e. The quantitative estimate of drug-likeness (QED) is 0.300. The van der Waals surface area contributed by atoms with Crippen LogP contribution in [0.1, 0.15) is 53.2 Å². The van der Waals surface area contributed by atoms with E-state index in [4.69, 9.17) is 9.36 Å². The lowest BCUT2D eigenvalue weighted by Crippen LogP contribution is -2.28. The van der Waals surface area contributed by atoms with Crippen molar-refractivity contribution in [3.8, 4) is 0 Å².